The third-order valence-electron chi connectivity index (χ3n) is 9.90. The zero-order chi connectivity index (χ0) is 52.2. The Morgan fingerprint density at radius 2 is 1.27 bits per heavy atom. The highest BCUT2D eigenvalue weighted by molar-refractivity contribution is 14.1. The number of fused-ring (bicyclic) bond motifs is 2. The van der Waals surface area contributed by atoms with Crippen LogP contribution in [0.3, 0.4) is 0 Å². The lowest BCUT2D eigenvalue weighted by Gasteiger charge is -2.17. The van der Waals surface area contributed by atoms with Crippen molar-refractivity contribution in [3.63, 3.8) is 0 Å². The minimum atomic E-state index is -4.74. The number of sulfonamides is 2. The first kappa shape index (κ1) is 54.0. The first-order chi connectivity index (χ1) is 33.2. The lowest BCUT2D eigenvalue weighted by Crippen LogP contribution is -2.28. The molecule has 3 N–H and O–H groups in total. The van der Waals surface area contributed by atoms with E-state index in [0.717, 1.165) is 66.1 Å². The maximum atomic E-state index is 13.3. The number of aromatic nitrogens is 6. The van der Waals surface area contributed by atoms with Crippen molar-refractivity contribution in [1.82, 2.24) is 35.2 Å². The fourth-order valence-electron chi connectivity index (χ4n) is 6.32. The number of rotatable bonds is 10. The molecule has 5 aromatic heterocycles. The third kappa shape index (κ3) is 12.8. The van der Waals surface area contributed by atoms with Gasteiger partial charge in [0, 0.05) is 58.1 Å². The van der Waals surface area contributed by atoms with Crippen molar-refractivity contribution in [2.45, 2.75) is 42.5 Å². The van der Waals surface area contributed by atoms with Crippen molar-refractivity contribution in [1.29, 1.82) is 0 Å². The van der Waals surface area contributed by atoms with E-state index in [-0.39, 0.29) is 49.5 Å². The summed E-state index contributed by atoms with van der Waals surface area (Å²) in [6.07, 6.45) is -0.753. The first-order valence-corrected chi connectivity index (χ1v) is 24.5. The molecule has 0 saturated carbocycles. The molecule has 0 bridgehead atoms. The molecular weight excluding hydrogens is 1140 g/mol. The lowest BCUT2D eigenvalue weighted by molar-refractivity contribution is -0.139. The molecule has 71 heavy (non-hydrogen) atoms. The maximum absolute atomic E-state index is 13.3. The van der Waals surface area contributed by atoms with Crippen molar-refractivity contribution >= 4 is 106 Å². The van der Waals surface area contributed by atoms with Crippen LogP contribution >= 0.6 is 45.8 Å². The monoisotopic (exact) mass is 1180 g/mol. The van der Waals surface area contributed by atoms with Crippen molar-refractivity contribution in [3.8, 4) is 0 Å². The molecule has 2 aromatic carbocycles. The summed E-state index contributed by atoms with van der Waals surface area (Å²) >= 11 is 14.1. The van der Waals surface area contributed by atoms with Gasteiger partial charge in [-0.05, 0) is 96.1 Å². The Kier molecular flexibility index (Phi) is 16.4. The number of aryl methyl sites for hydroxylation is 2. The average molecular weight is 1180 g/mol. The Labute approximate surface area is 423 Å². The van der Waals surface area contributed by atoms with E-state index in [1.54, 1.807) is 0 Å². The zero-order valence-corrected chi connectivity index (χ0v) is 42.0. The van der Waals surface area contributed by atoms with Gasteiger partial charge in [-0.2, -0.15) is 31.4 Å². The van der Waals surface area contributed by atoms with E-state index in [1.165, 1.54) is 55.6 Å². The summed E-state index contributed by atoms with van der Waals surface area (Å²) in [7, 11) is -6.53. The smallest absolute Gasteiger partial charge is 0.287 e. The van der Waals surface area contributed by atoms with Gasteiger partial charge < -0.3 is 0 Å². The minimum absolute atomic E-state index is 0.00678. The standard InChI is InChI=1S/C20H13ClF3N5O3S.C16H15ClF3N3O4S.C7H5IN2/c1-10-2-3-12(7-15(10)20(22,23)24)33(31,32)29-16-6-11(21)8-26-17(16)18(30)13-4-5-25-19-14(13)9-27-28-19;1-9-4-5-11(7-12(9)16(18,19)20)28(25,26)22-13-6-10(17)8-21-14(13)15(24)23(2)27-3;8-6-1-2-10-7-4-9-3-5(6)7/h2-9,29H,1H3,(H,25,27,28);4-8,22H,1-3H3;1-3H,4H2. The number of nitrogens with one attached hydrogen (secondary N) is 3. The molecule has 7 aromatic rings. The highest BCUT2D eigenvalue weighted by atomic mass is 127. The van der Waals surface area contributed by atoms with E-state index in [9.17, 15) is 52.8 Å². The van der Waals surface area contributed by atoms with Crippen molar-refractivity contribution < 1.29 is 57.6 Å². The number of ketones is 1. The molecule has 0 atom stereocenters. The molecule has 6 heterocycles. The van der Waals surface area contributed by atoms with Gasteiger partial charge in [-0.15, -0.1) is 0 Å². The van der Waals surface area contributed by atoms with Crippen LogP contribution in [-0.2, 0) is 43.8 Å². The van der Waals surface area contributed by atoms with Crippen LogP contribution in [-0.4, -0.2) is 84.1 Å². The number of pyridine rings is 4. The van der Waals surface area contributed by atoms with E-state index in [1.807, 2.05) is 18.5 Å². The van der Waals surface area contributed by atoms with E-state index in [4.69, 9.17) is 28.0 Å². The van der Waals surface area contributed by atoms with Crippen molar-refractivity contribution in [2.75, 3.05) is 23.6 Å². The van der Waals surface area contributed by atoms with Crippen LogP contribution in [0.15, 0.2) is 106 Å². The number of amides is 1. The third-order valence-corrected chi connectivity index (χ3v) is 14.0. The van der Waals surface area contributed by atoms with Crippen LogP contribution in [0.4, 0.5) is 37.7 Å². The number of H-pyrrole nitrogens is 1. The molecule has 8 rings (SSSR count). The van der Waals surface area contributed by atoms with E-state index < -0.39 is 65.0 Å². The number of anilines is 2. The van der Waals surface area contributed by atoms with Gasteiger partial charge in [-0.25, -0.2) is 36.9 Å². The predicted octanol–water partition coefficient (Wildman–Crippen LogP) is 9.48. The quantitative estimate of drug-likeness (QED) is 0.0503. The topological polar surface area (TPSA) is 232 Å². The largest absolute Gasteiger partial charge is 0.416 e. The lowest BCUT2D eigenvalue weighted by atomic mass is 10.1. The van der Waals surface area contributed by atoms with Crippen LogP contribution in [0.25, 0.3) is 11.0 Å². The molecule has 0 fully saturated rings. The second kappa shape index (κ2) is 21.6. The highest BCUT2D eigenvalue weighted by Gasteiger charge is 2.35. The van der Waals surface area contributed by atoms with Crippen molar-refractivity contribution in [3.05, 3.63) is 156 Å². The SMILES string of the molecule is CON(C)C(=O)c1ncc(Cl)cc1NS(=O)(=O)c1ccc(C)c(C(F)(F)F)c1.Cc1ccc(S(=O)(=O)Nc2cc(Cl)cnc2C(=O)c2ccnc3[nH]ncc23)cc1C(F)(F)F.Ic1ccnc2c1C=NC2. The van der Waals surface area contributed by atoms with Gasteiger partial charge in [0.2, 0.25) is 5.78 Å². The number of aliphatic imine (C=N–C) groups is 1. The Morgan fingerprint density at radius 1 is 0.746 bits per heavy atom. The molecule has 1 aliphatic heterocycles. The summed E-state index contributed by atoms with van der Waals surface area (Å²) in [4.78, 5) is 49.0. The number of aromatic amines is 1. The van der Waals surface area contributed by atoms with Gasteiger partial charge in [0.05, 0.1) is 67.9 Å². The van der Waals surface area contributed by atoms with Crippen LogP contribution in [0.2, 0.25) is 10.0 Å². The summed E-state index contributed by atoms with van der Waals surface area (Å²) < 4.78 is 135. The molecule has 0 radical (unpaired) electrons. The second-order valence-corrected chi connectivity index (χ2v) is 20.1. The molecule has 372 valence electrons. The number of halogens is 9. The van der Waals surface area contributed by atoms with Gasteiger partial charge in [-0.1, -0.05) is 35.3 Å². The fourth-order valence-corrected chi connectivity index (χ4v) is 9.42. The number of hydroxylamine groups is 2. The molecule has 1 amide bonds. The Morgan fingerprint density at radius 3 is 1.79 bits per heavy atom. The van der Waals surface area contributed by atoms with Crippen LogP contribution in [0, 0.1) is 17.4 Å². The van der Waals surface area contributed by atoms with Gasteiger partial charge in [0.25, 0.3) is 26.0 Å². The number of hydrogen-bond acceptors (Lipinski definition) is 13. The van der Waals surface area contributed by atoms with Crippen LogP contribution in [0.1, 0.15) is 60.1 Å². The molecule has 28 heteroatoms. The minimum Gasteiger partial charge on any atom is -0.287 e. The molecule has 0 unspecified atom stereocenters. The average Bonchev–Trinajstić information content (AvgIpc) is 3.99. The molecule has 0 aliphatic carbocycles. The van der Waals surface area contributed by atoms with Gasteiger partial charge in [-0.3, -0.25) is 38.9 Å². The number of carbonyl (C=O) groups is 2. The van der Waals surface area contributed by atoms with Gasteiger partial charge in [0.15, 0.2) is 11.3 Å². The maximum Gasteiger partial charge on any atom is 0.416 e. The summed E-state index contributed by atoms with van der Waals surface area (Å²) in [6.45, 7) is 3.19. The number of hydrogen-bond donors (Lipinski definition) is 3. The molecule has 1 aliphatic rings. The summed E-state index contributed by atoms with van der Waals surface area (Å²) in [6, 6.07) is 10.8. The zero-order valence-electron chi connectivity index (χ0n) is 36.7. The Hall–Kier alpha value is -6.33. The first-order valence-electron chi connectivity index (χ1n) is 19.7. The molecule has 0 saturated heterocycles. The number of benzene rings is 2. The van der Waals surface area contributed by atoms with E-state index in [0.29, 0.717) is 23.2 Å². The predicted molar refractivity (Wildman–Crippen MR) is 257 cm³/mol. The van der Waals surface area contributed by atoms with Crippen LogP contribution < -0.4 is 9.44 Å². The van der Waals surface area contributed by atoms with E-state index in [2.05, 4.69) is 67.2 Å². The van der Waals surface area contributed by atoms with Crippen molar-refractivity contribution in [2.24, 2.45) is 4.99 Å². The summed E-state index contributed by atoms with van der Waals surface area (Å²) in [5, 5.41) is 7.62. The Balaban J connectivity index is 0.000000196. The second-order valence-electron chi connectivity index (χ2n) is 14.7. The summed E-state index contributed by atoms with van der Waals surface area (Å²) in [5.41, 5.74) is -0.937. The fraction of sp³-hybridized carbons (Fsp3) is 0.163. The number of carbonyl (C=O) groups excluding carboxylic acids is 2. The Bertz CT molecular complexity index is 3460. The van der Waals surface area contributed by atoms with E-state index >= 15 is 0 Å². The van der Waals surface area contributed by atoms with Gasteiger partial charge in [0.1, 0.15) is 5.69 Å². The number of nitrogens with zero attached hydrogens (tertiary/aromatic N) is 7. The molecular formula is C43H33Cl2F6IN10O7S2. The summed E-state index contributed by atoms with van der Waals surface area (Å²) in [5.74, 6) is -1.46. The molecule has 0 spiro atoms. The normalized spacial score (nSPS) is 12.3. The highest BCUT2D eigenvalue weighted by Crippen LogP contribution is 2.36. The molecule has 17 nitrogen and oxygen atoms in total. The number of alkyl halides is 6. The van der Waals surface area contributed by atoms with Crippen LogP contribution in [0.5, 0.6) is 0 Å². The van der Waals surface area contributed by atoms with Gasteiger partial charge >= 0.3 is 12.4 Å².